The molecule has 0 aromatic heterocycles. The topological polar surface area (TPSA) is 26.3 Å². The summed E-state index contributed by atoms with van der Waals surface area (Å²) >= 11 is 5.76. The number of halogens is 1. The van der Waals surface area contributed by atoms with Gasteiger partial charge in [0.2, 0.25) is 0 Å². The summed E-state index contributed by atoms with van der Waals surface area (Å²) in [5.74, 6) is 0.327. The van der Waals surface area contributed by atoms with Crippen LogP contribution >= 0.6 is 11.6 Å². The highest BCUT2D eigenvalue weighted by Gasteiger charge is 2.18. The Hall–Kier alpha value is -0.240. The van der Waals surface area contributed by atoms with Crippen LogP contribution in [-0.2, 0) is 9.53 Å². The van der Waals surface area contributed by atoms with E-state index in [1.807, 2.05) is 6.92 Å². The predicted molar refractivity (Wildman–Crippen MR) is 57.5 cm³/mol. The van der Waals surface area contributed by atoms with Crippen molar-refractivity contribution in [3.8, 4) is 0 Å². The fraction of sp³-hybridized carbons (Fsp3) is 0.909. The molecule has 14 heavy (non-hydrogen) atoms. The zero-order chi connectivity index (χ0) is 10.4. The molecule has 0 aromatic rings. The van der Waals surface area contributed by atoms with Gasteiger partial charge < -0.3 is 4.74 Å². The van der Waals surface area contributed by atoms with Gasteiger partial charge in [-0.25, -0.2) is 0 Å². The van der Waals surface area contributed by atoms with Crippen LogP contribution in [0.2, 0.25) is 0 Å². The van der Waals surface area contributed by atoms with E-state index in [1.165, 1.54) is 32.1 Å². The minimum absolute atomic E-state index is 0.250. The molecule has 3 heteroatoms. The second-order valence-corrected chi connectivity index (χ2v) is 4.54. The molecule has 1 atom stereocenters. The van der Waals surface area contributed by atoms with E-state index in [9.17, 15) is 4.79 Å². The first-order valence-corrected chi connectivity index (χ1v) is 5.98. The summed E-state index contributed by atoms with van der Waals surface area (Å²) in [6.45, 7) is 2.46. The molecule has 0 aliphatic heterocycles. The zero-order valence-electron chi connectivity index (χ0n) is 8.80. The van der Waals surface area contributed by atoms with Crippen LogP contribution in [0.25, 0.3) is 0 Å². The molecule has 0 bridgehead atoms. The van der Waals surface area contributed by atoms with E-state index in [-0.39, 0.29) is 5.97 Å². The van der Waals surface area contributed by atoms with Crippen molar-refractivity contribution in [3.05, 3.63) is 0 Å². The van der Waals surface area contributed by atoms with Gasteiger partial charge in [0, 0.05) is 0 Å². The van der Waals surface area contributed by atoms with Crippen LogP contribution < -0.4 is 0 Å². The van der Waals surface area contributed by atoms with Crippen molar-refractivity contribution in [1.82, 2.24) is 0 Å². The summed E-state index contributed by atoms with van der Waals surface area (Å²) in [5, 5.41) is -0.460. The third-order valence-corrected chi connectivity index (χ3v) is 3.29. The van der Waals surface area contributed by atoms with E-state index < -0.39 is 5.38 Å². The molecule has 0 amide bonds. The number of carbonyl (C=O) groups excluding carboxylic acids is 1. The number of carbonyl (C=O) groups is 1. The van der Waals surface area contributed by atoms with Crippen molar-refractivity contribution < 1.29 is 9.53 Å². The first-order chi connectivity index (χ1) is 6.74. The van der Waals surface area contributed by atoms with Crippen molar-refractivity contribution in [2.75, 3.05) is 6.61 Å². The Bertz CT molecular complexity index is 176. The van der Waals surface area contributed by atoms with Gasteiger partial charge in [-0.2, -0.15) is 0 Å². The summed E-state index contributed by atoms with van der Waals surface area (Å²) in [7, 11) is 0. The summed E-state index contributed by atoms with van der Waals surface area (Å²) in [5.41, 5.74) is 0. The second kappa shape index (κ2) is 6.28. The molecule has 0 saturated heterocycles. The SMILES string of the molecule is CCC(Cl)C(=O)OCC1CCCCC1. The number of alkyl halides is 1. The summed E-state index contributed by atoms with van der Waals surface area (Å²) in [6, 6.07) is 0. The van der Waals surface area contributed by atoms with Gasteiger partial charge in [-0.05, 0) is 25.2 Å². The lowest BCUT2D eigenvalue weighted by Gasteiger charge is -2.21. The van der Waals surface area contributed by atoms with Crippen molar-refractivity contribution in [2.24, 2.45) is 5.92 Å². The minimum atomic E-state index is -0.460. The van der Waals surface area contributed by atoms with Gasteiger partial charge in [0.25, 0.3) is 0 Å². The van der Waals surface area contributed by atoms with Crippen LogP contribution in [0.1, 0.15) is 45.4 Å². The van der Waals surface area contributed by atoms with E-state index in [1.54, 1.807) is 0 Å². The van der Waals surface area contributed by atoms with Crippen LogP contribution in [0.3, 0.4) is 0 Å². The molecule has 1 rings (SSSR count). The Kier molecular flexibility index (Phi) is 5.31. The van der Waals surface area contributed by atoms with Crippen molar-refractivity contribution in [3.63, 3.8) is 0 Å². The molecular weight excluding hydrogens is 200 g/mol. The first kappa shape index (κ1) is 11.8. The lowest BCUT2D eigenvalue weighted by atomic mass is 9.90. The molecule has 1 saturated carbocycles. The van der Waals surface area contributed by atoms with Gasteiger partial charge >= 0.3 is 5.97 Å². The van der Waals surface area contributed by atoms with Crippen molar-refractivity contribution in [1.29, 1.82) is 0 Å². The highest BCUT2D eigenvalue weighted by molar-refractivity contribution is 6.29. The number of rotatable bonds is 4. The Labute approximate surface area is 91.0 Å². The third kappa shape index (κ3) is 3.87. The largest absolute Gasteiger partial charge is 0.464 e. The molecule has 82 valence electrons. The lowest BCUT2D eigenvalue weighted by molar-refractivity contribution is -0.144. The maximum Gasteiger partial charge on any atom is 0.324 e. The molecule has 1 aliphatic carbocycles. The van der Waals surface area contributed by atoms with E-state index in [0.717, 1.165) is 0 Å². The van der Waals surface area contributed by atoms with Gasteiger partial charge in [-0.3, -0.25) is 4.79 Å². The quantitative estimate of drug-likeness (QED) is 0.535. The molecule has 0 N–H and O–H groups in total. The number of hydrogen-bond acceptors (Lipinski definition) is 2. The average Bonchev–Trinajstić information content (AvgIpc) is 2.26. The lowest BCUT2D eigenvalue weighted by Crippen LogP contribution is -2.22. The summed E-state index contributed by atoms with van der Waals surface area (Å²) in [4.78, 5) is 11.3. The Morgan fingerprint density at radius 2 is 2.07 bits per heavy atom. The van der Waals surface area contributed by atoms with Crippen LogP contribution in [0.5, 0.6) is 0 Å². The van der Waals surface area contributed by atoms with Crippen molar-refractivity contribution >= 4 is 17.6 Å². The van der Waals surface area contributed by atoms with Crippen LogP contribution in [0.4, 0.5) is 0 Å². The maximum atomic E-state index is 11.3. The molecule has 0 heterocycles. The molecule has 1 fully saturated rings. The zero-order valence-corrected chi connectivity index (χ0v) is 9.55. The molecular formula is C11H19ClO2. The molecule has 0 radical (unpaired) electrons. The van der Waals surface area contributed by atoms with Crippen molar-refractivity contribution in [2.45, 2.75) is 50.8 Å². The summed E-state index contributed by atoms with van der Waals surface area (Å²) in [6.07, 6.45) is 6.93. The van der Waals surface area contributed by atoms with Crippen LogP contribution in [-0.4, -0.2) is 18.0 Å². The fourth-order valence-electron chi connectivity index (χ4n) is 1.81. The highest BCUT2D eigenvalue weighted by Crippen LogP contribution is 2.23. The standard InChI is InChI=1S/C11H19ClO2/c1-2-10(12)11(13)14-8-9-6-4-3-5-7-9/h9-10H,2-8H2,1H3. The van der Waals surface area contributed by atoms with Gasteiger partial charge in [0.1, 0.15) is 5.38 Å². The van der Waals surface area contributed by atoms with E-state index in [2.05, 4.69) is 0 Å². The Balaban J connectivity index is 2.15. The van der Waals surface area contributed by atoms with Gasteiger partial charge in [-0.15, -0.1) is 11.6 Å². The predicted octanol–water partition coefficient (Wildman–Crippen LogP) is 3.13. The van der Waals surface area contributed by atoms with Gasteiger partial charge in [0.15, 0.2) is 0 Å². The van der Waals surface area contributed by atoms with Crippen LogP contribution in [0.15, 0.2) is 0 Å². The summed E-state index contributed by atoms with van der Waals surface area (Å²) < 4.78 is 5.16. The Morgan fingerprint density at radius 1 is 1.43 bits per heavy atom. The monoisotopic (exact) mass is 218 g/mol. The Morgan fingerprint density at radius 3 is 2.64 bits per heavy atom. The van der Waals surface area contributed by atoms with Gasteiger partial charge in [-0.1, -0.05) is 26.2 Å². The number of ether oxygens (including phenoxy) is 1. The smallest absolute Gasteiger partial charge is 0.324 e. The third-order valence-electron chi connectivity index (χ3n) is 2.80. The molecule has 1 aliphatic rings. The van der Waals surface area contributed by atoms with E-state index >= 15 is 0 Å². The maximum absolute atomic E-state index is 11.3. The number of esters is 1. The molecule has 0 spiro atoms. The van der Waals surface area contributed by atoms with E-state index in [4.69, 9.17) is 16.3 Å². The second-order valence-electron chi connectivity index (χ2n) is 4.01. The molecule has 2 nitrogen and oxygen atoms in total. The normalized spacial score (nSPS) is 20.4. The molecule has 1 unspecified atom stereocenters. The first-order valence-electron chi connectivity index (χ1n) is 5.54. The highest BCUT2D eigenvalue weighted by atomic mass is 35.5. The van der Waals surface area contributed by atoms with E-state index in [0.29, 0.717) is 18.9 Å². The number of hydrogen-bond donors (Lipinski definition) is 0. The minimum Gasteiger partial charge on any atom is -0.464 e. The average molecular weight is 219 g/mol. The van der Waals surface area contributed by atoms with Crippen LogP contribution in [0, 0.1) is 5.92 Å². The van der Waals surface area contributed by atoms with Gasteiger partial charge in [0.05, 0.1) is 6.61 Å². The molecule has 0 aromatic carbocycles. The fourth-order valence-corrected chi connectivity index (χ4v) is 1.87.